The Hall–Kier alpha value is -2.25. The van der Waals surface area contributed by atoms with Gasteiger partial charge in [-0.3, -0.25) is 4.79 Å². The number of amides is 1. The van der Waals surface area contributed by atoms with Gasteiger partial charge in [-0.2, -0.15) is 4.31 Å². The van der Waals surface area contributed by atoms with E-state index in [1.807, 2.05) is 0 Å². The highest BCUT2D eigenvalue weighted by Crippen LogP contribution is 2.18. The van der Waals surface area contributed by atoms with Crippen LogP contribution in [0.15, 0.2) is 53.4 Å². The van der Waals surface area contributed by atoms with Crippen LogP contribution in [-0.2, 0) is 16.6 Å². The van der Waals surface area contributed by atoms with Gasteiger partial charge in [-0.25, -0.2) is 12.8 Å². The van der Waals surface area contributed by atoms with E-state index in [-0.39, 0.29) is 29.2 Å². The molecule has 0 N–H and O–H groups in total. The van der Waals surface area contributed by atoms with E-state index in [4.69, 9.17) is 0 Å². The van der Waals surface area contributed by atoms with Gasteiger partial charge in [0, 0.05) is 32.2 Å². The van der Waals surface area contributed by atoms with Gasteiger partial charge in [-0.15, -0.1) is 0 Å². The molecule has 0 fully saturated rings. The molecule has 7 heteroatoms. The predicted octanol–water partition coefficient (Wildman–Crippen LogP) is 3.13. The molecule has 0 bridgehead atoms. The highest BCUT2D eigenvalue weighted by molar-refractivity contribution is 7.89. The number of carbonyl (C=O) groups is 1. The fraction of sp³-hybridized carbons (Fsp3) is 0.316. The van der Waals surface area contributed by atoms with Crippen LogP contribution in [0.2, 0.25) is 0 Å². The van der Waals surface area contributed by atoms with Gasteiger partial charge in [0.15, 0.2) is 0 Å². The van der Waals surface area contributed by atoms with Gasteiger partial charge in [0.1, 0.15) is 5.82 Å². The summed E-state index contributed by atoms with van der Waals surface area (Å²) in [7, 11) is -0.452. The second-order valence-electron chi connectivity index (χ2n) is 6.43. The molecule has 0 aliphatic carbocycles. The van der Waals surface area contributed by atoms with Crippen LogP contribution in [-0.4, -0.2) is 43.7 Å². The number of benzene rings is 2. The Morgan fingerprint density at radius 2 is 1.69 bits per heavy atom. The predicted molar refractivity (Wildman–Crippen MR) is 98.7 cm³/mol. The van der Waals surface area contributed by atoms with Crippen molar-refractivity contribution in [3.8, 4) is 0 Å². The number of nitrogens with zero attached hydrogens (tertiary/aromatic N) is 2. The molecule has 2 rings (SSSR count). The minimum atomic E-state index is -3.59. The standard InChI is InChI=1S/C19H23FN2O3S/c1-14(2)22(4)26(24,25)18-10-8-16(9-11-18)19(23)21(3)13-15-6-5-7-17(20)12-15/h5-12,14H,13H2,1-4H3. The summed E-state index contributed by atoms with van der Waals surface area (Å²) in [6, 6.07) is 11.7. The molecule has 0 aliphatic rings. The molecular formula is C19H23FN2O3S. The van der Waals surface area contributed by atoms with E-state index in [0.717, 1.165) is 0 Å². The average Bonchev–Trinajstić information content (AvgIpc) is 2.60. The summed E-state index contributed by atoms with van der Waals surface area (Å²) in [5, 5.41) is 0. The Morgan fingerprint density at radius 3 is 2.23 bits per heavy atom. The second kappa shape index (κ2) is 7.97. The lowest BCUT2D eigenvalue weighted by Gasteiger charge is -2.21. The van der Waals surface area contributed by atoms with Crippen LogP contribution < -0.4 is 0 Å². The van der Waals surface area contributed by atoms with Crippen LogP contribution in [0.4, 0.5) is 4.39 Å². The molecular weight excluding hydrogens is 355 g/mol. The summed E-state index contributed by atoms with van der Waals surface area (Å²) >= 11 is 0. The molecule has 1 amide bonds. The van der Waals surface area contributed by atoms with Gasteiger partial charge in [0.25, 0.3) is 5.91 Å². The van der Waals surface area contributed by atoms with Gasteiger partial charge in [0.05, 0.1) is 4.90 Å². The van der Waals surface area contributed by atoms with Crippen molar-refractivity contribution in [2.24, 2.45) is 0 Å². The van der Waals surface area contributed by atoms with Crippen LogP contribution in [0.5, 0.6) is 0 Å². The first-order valence-electron chi connectivity index (χ1n) is 8.21. The Labute approximate surface area is 154 Å². The van der Waals surface area contributed by atoms with Crippen molar-refractivity contribution in [2.45, 2.75) is 31.3 Å². The molecule has 0 atom stereocenters. The summed E-state index contributed by atoms with van der Waals surface area (Å²) < 4.78 is 39.4. The van der Waals surface area contributed by atoms with Crippen LogP contribution in [0.25, 0.3) is 0 Å². The van der Waals surface area contributed by atoms with Crippen molar-refractivity contribution >= 4 is 15.9 Å². The molecule has 2 aromatic carbocycles. The second-order valence-corrected chi connectivity index (χ2v) is 8.43. The third kappa shape index (κ3) is 4.47. The van der Waals surface area contributed by atoms with Crippen LogP contribution >= 0.6 is 0 Å². The van der Waals surface area contributed by atoms with Crippen molar-refractivity contribution in [2.75, 3.05) is 14.1 Å². The first-order valence-corrected chi connectivity index (χ1v) is 9.65. The number of hydrogen-bond acceptors (Lipinski definition) is 3. The quantitative estimate of drug-likeness (QED) is 0.776. The van der Waals surface area contributed by atoms with E-state index in [1.54, 1.807) is 33.0 Å². The Kier molecular flexibility index (Phi) is 6.15. The molecule has 2 aromatic rings. The topological polar surface area (TPSA) is 57.7 Å². The van der Waals surface area contributed by atoms with E-state index < -0.39 is 10.0 Å². The Bertz CT molecular complexity index is 880. The smallest absolute Gasteiger partial charge is 0.253 e. The molecule has 0 aliphatic heterocycles. The monoisotopic (exact) mass is 378 g/mol. The lowest BCUT2D eigenvalue weighted by Crippen LogP contribution is -2.33. The van der Waals surface area contributed by atoms with Gasteiger partial charge in [-0.05, 0) is 55.8 Å². The van der Waals surface area contributed by atoms with E-state index in [0.29, 0.717) is 11.1 Å². The molecule has 0 unspecified atom stereocenters. The minimum Gasteiger partial charge on any atom is -0.337 e. The molecule has 0 heterocycles. The first kappa shape index (κ1) is 20.1. The Balaban J connectivity index is 2.15. The molecule has 140 valence electrons. The molecule has 0 aromatic heterocycles. The van der Waals surface area contributed by atoms with E-state index in [1.165, 1.54) is 52.7 Å². The summed E-state index contributed by atoms with van der Waals surface area (Å²) in [6.45, 7) is 3.83. The van der Waals surface area contributed by atoms with Crippen molar-refractivity contribution in [1.29, 1.82) is 0 Å². The maximum atomic E-state index is 13.3. The van der Waals surface area contributed by atoms with Crippen molar-refractivity contribution in [3.63, 3.8) is 0 Å². The molecule has 26 heavy (non-hydrogen) atoms. The zero-order valence-corrected chi connectivity index (χ0v) is 16.1. The van der Waals surface area contributed by atoms with Gasteiger partial charge >= 0.3 is 0 Å². The molecule has 0 saturated carbocycles. The zero-order valence-electron chi connectivity index (χ0n) is 15.3. The van der Waals surface area contributed by atoms with E-state index in [9.17, 15) is 17.6 Å². The first-order chi connectivity index (χ1) is 12.1. The highest BCUT2D eigenvalue weighted by Gasteiger charge is 2.23. The van der Waals surface area contributed by atoms with Crippen LogP contribution in [0.1, 0.15) is 29.8 Å². The van der Waals surface area contributed by atoms with Crippen LogP contribution in [0.3, 0.4) is 0 Å². The number of carbonyl (C=O) groups excluding carboxylic acids is 1. The molecule has 0 radical (unpaired) electrons. The largest absolute Gasteiger partial charge is 0.337 e. The number of rotatable bonds is 6. The maximum absolute atomic E-state index is 13.3. The number of sulfonamides is 1. The average molecular weight is 378 g/mol. The normalized spacial score (nSPS) is 11.8. The summed E-state index contributed by atoms with van der Waals surface area (Å²) in [6.07, 6.45) is 0. The molecule has 5 nitrogen and oxygen atoms in total. The van der Waals surface area contributed by atoms with Crippen molar-refractivity contribution in [3.05, 3.63) is 65.5 Å². The lowest BCUT2D eigenvalue weighted by molar-refractivity contribution is 0.0785. The van der Waals surface area contributed by atoms with Gasteiger partial charge in [0.2, 0.25) is 10.0 Å². The summed E-state index contributed by atoms with van der Waals surface area (Å²) in [5.41, 5.74) is 1.05. The van der Waals surface area contributed by atoms with E-state index >= 15 is 0 Å². The molecule has 0 saturated heterocycles. The van der Waals surface area contributed by atoms with Gasteiger partial charge < -0.3 is 4.90 Å². The minimum absolute atomic E-state index is 0.137. The lowest BCUT2D eigenvalue weighted by atomic mass is 10.1. The summed E-state index contributed by atoms with van der Waals surface area (Å²) in [5.74, 6) is -0.623. The van der Waals surface area contributed by atoms with Crippen molar-refractivity contribution in [1.82, 2.24) is 9.21 Å². The zero-order chi connectivity index (χ0) is 19.5. The fourth-order valence-electron chi connectivity index (χ4n) is 2.41. The number of halogens is 1. The highest BCUT2D eigenvalue weighted by atomic mass is 32.2. The van der Waals surface area contributed by atoms with E-state index in [2.05, 4.69) is 0 Å². The summed E-state index contributed by atoms with van der Waals surface area (Å²) in [4.78, 5) is 14.1. The Morgan fingerprint density at radius 1 is 1.08 bits per heavy atom. The SMILES string of the molecule is CC(C)N(C)S(=O)(=O)c1ccc(C(=O)N(C)Cc2cccc(F)c2)cc1. The van der Waals surface area contributed by atoms with Crippen molar-refractivity contribution < 1.29 is 17.6 Å². The fourth-order valence-corrected chi connectivity index (χ4v) is 3.78. The van der Waals surface area contributed by atoms with Gasteiger partial charge in [-0.1, -0.05) is 12.1 Å². The maximum Gasteiger partial charge on any atom is 0.253 e. The molecule has 0 spiro atoms. The third-order valence-corrected chi connectivity index (χ3v) is 6.21. The van der Waals surface area contributed by atoms with Crippen LogP contribution in [0, 0.1) is 5.82 Å². The number of hydrogen-bond donors (Lipinski definition) is 0. The third-order valence-electron chi connectivity index (χ3n) is 4.16.